The van der Waals surface area contributed by atoms with E-state index in [-0.39, 0.29) is 11.8 Å². The highest BCUT2D eigenvalue weighted by atomic mass is 16.2. The molecule has 2 N–H and O–H groups in total. The van der Waals surface area contributed by atoms with E-state index in [0.717, 1.165) is 25.7 Å². The molecule has 0 unspecified atom stereocenters. The Balaban J connectivity index is 2.08. The Labute approximate surface area is 222 Å². The molecule has 1 rings (SSSR count). The number of amides is 2. The molecule has 0 aliphatic rings. The van der Waals surface area contributed by atoms with Crippen molar-refractivity contribution >= 4 is 23.5 Å². The van der Waals surface area contributed by atoms with Crippen molar-refractivity contribution in [2.75, 3.05) is 10.6 Å². The molecule has 36 heavy (non-hydrogen) atoms. The van der Waals surface area contributed by atoms with Gasteiger partial charge in [0.1, 0.15) is 11.6 Å². The number of nitrogens with one attached hydrogen (secondary N) is 2. The second-order valence-corrected chi connectivity index (χ2v) is 10.4. The second kappa shape index (κ2) is 23.5. The van der Waals surface area contributed by atoms with Crippen LogP contribution in [0.25, 0.3) is 0 Å². The topological polar surface area (TPSA) is 71.1 Å². The molecule has 0 radical (unpaired) electrons. The molecule has 0 saturated heterocycles. The molecule has 5 heteroatoms. The summed E-state index contributed by atoms with van der Waals surface area (Å²) < 4.78 is 0. The zero-order valence-corrected chi connectivity index (χ0v) is 23.6. The molecule has 1 heterocycles. The Bertz CT molecular complexity index is 624. The minimum absolute atomic E-state index is 0.00379. The van der Waals surface area contributed by atoms with Gasteiger partial charge in [0.05, 0.1) is 0 Å². The largest absolute Gasteiger partial charge is 0.311 e. The van der Waals surface area contributed by atoms with Gasteiger partial charge >= 0.3 is 0 Å². The van der Waals surface area contributed by atoms with E-state index in [1.165, 1.54) is 103 Å². The average molecular weight is 502 g/mol. The number of rotatable bonds is 24. The van der Waals surface area contributed by atoms with Crippen LogP contribution >= 0.6 is 0 Å². The van der Waals surface area contributed by atoms with Crippen molar-refractivity contribution in [3.8, 4) is 0 Å². The summed E-state index contributed by atoms with van der Waals surface area (Å²) in [4.78, 5) is 28.9. The molecular weight excluding hydrogens is 446 g/mol. The molecule has 0 atom stereocenters. The summed E-state index contributed by atoms with van der Waals surface area (Å²) >= 11 is 0. The van der Waals surface area contributed by atoms with Crippen LogP contribution in [0, 0.1) is 0 Å². The molecule has 0 fully saturated rings. The van der Waals surface area contributed by atoms with Gasteiger partial charge in [0, 0.05) is 12.8 Å². The normalized spacial score (nSPS) is 10.9. The number of nitrogens with zero attached hydrogens (tertiary/aromatic N) is 1. The van der Waals surface area contributed by atoms with Crippen LogP contribution in [0.3, 0.4) is 0 Å². The van der Waals surface area contributed by atoms with E-state index in [0.29, 0.717) is 24.5 Å². The number of pyridine rings is 1. The Kier molecular flexibility index (Phi) is 21.0. The van der Waals surface area contributed by atoms with Crippen molar-refractivity contribution in [2.45, 2.75) is 155 Å². The Hall–Kier alpha value is -1.91. The molecule has 0 aliphatic carbocycles. The Morgan fingerprint density at radius 2 is 0.833 bits per heavy atom. The quantitative estimate of drug-likeness (QED) is 0.138. The van der Waals surface area contributed by atoms with Crippen molar-refractivity contribution in [3.63, 3.8) is 0 Å². The van der Waals surface area contributed by atoms with Crippen LogP contribution in [0.5, 0.6) is 0 Å². The average Bonchev–Trinajstić information content (AvgIpc) is 2.86. The maximum absolute atomic E-state index is 12.3. The minimum atomic E-state index is -0.00379. The monoisotopic (exact) mass is 501 g/mol. The number of hydrogen-bond donors (Lipinski definition) is 2. The highest BCUT2D eigenvalue weighted by molar-refractivity contribution is 5.91. The van der Waals surface area contributed by atoms with E-state index < -0.39 is 0 Å². The first-order valence-electron chi connectivity index (χ1n) is 15.2. The van der Waals surface area contributed by atoms with Crippen molar-refractivity contribution < 1.29 is 9.59 Å². The third-order valence-corrected chi connectivity index (χ3v) is 6.80. The van der Waals surface area contributed by atoms with Gasteiger partial charge in [-0.1, -0.05) is 135 Å². The van der Waals surface area contributed by atoms with Gasteiger partial charge in [-0.15, -0.1) is 0 Å². The molecule has 206 valence electrons. The summed E-state index contributed by atoms with van der Waals surface area (Å²) in [6.07, 6.45) is 26.2. The van der Waals surface area contributed by atoms with Crippen LogP contribution in [0.4, 0.5) is 11.6 Å². The lowest BCUT2D eigenvalue weighted by atomic mass is 10.1. The number of aromatic nitrogens is 1. The van der Waals surface area contributed by atoms with Crippen LogP contribution in [-0.2, 0) is 9.59 Å². The van der Waals surface area contributed by atoms with Crippen molar-refractivity contribution in [1.82, 2.24) is 4.98 Å². The first-order valence-corrected chi connectivity index (χ1v) is 15.2. The third-order valence-electron chi connectivity index (χ3n) is 6.80. The van der Waals surface area contributed by atoms with Gasteiger partial charge < -0.3 is 10.6 Å². The molecular formula is C31H55N3O2. The summed E-state index contributed by atoms with van der Waals surface area (Å²) in [5, 5.41) is 5.75. The van der Waals surface area contributed by atoms with Crippen molar-refractivity contribution in [2.24, 2.45) is 0 Å². The Morgan fingerprint density at radius 3 is 1.17 bits per heavy atom. The van der Waals surface area contributed by atoms with Gasteiger partial charge in [-0.3, -0.25) is 9.59 Å². The van der Waals surface area contributed by atoms with Crippen molar-refractivity contribution in [1.29, 1.82) is 0 Å². The molecule has 1 aromatic heterocycles. The number of anilines is 2. The second-order valence-electron chi connectivity index (χ2n) is 10.4. The lowest BCUT2D eigenvalue weighted by molar-refractivity contribution is -0.117. The summed E-state index contributed by atoms with van der Waals surface area (Å²) in [6, 6.07) is 5.36. The van der Waals surface area contributed by atoms with Crippen LogP contribution in [-0.4, -0.2) is 16.8 Å². The first kappa shape index (κ1) is 32.1. The molecule has 0 bridgehead atoms. The van der Waals surface area contributed by atoms with Gasteiger partial charge in [-0.25, -0.2) is 4.98 Å². The van der Waals surface area contributed by atoms with E-state index in [1.807, 2.05) is 6.07 Å². The van der Waals surface area contributed by atoms with Gasteiger partial charge in [-0.2, -0.15) is 0 Å². The summed E-state index contributed by atoms with van der Waals surface area (Å²) in [5.41, 5.74) is 0. The standard InChI is InChI=1S/C31H55N3O2/c1-3-5-7-9-11-13-15-17-19-21-26-30(35)33-28-24-23-25-29(32-28)34-31(36)27-22-20-18-16-14-12-10-8-6-4-2/h23-25H,3-22,26-27H2,1-2H3,(H2,32,33,34,35,36). The molecule has 2 amide bonds. The minimum Gasteiger partial charge on any atom is -0.311 e. The summed E-state index contributed by atoms with van der Waals surface area (Å²) in [7, 11) is 0. The van der Waals surface area contributed by atoms with Crippen LogP contribution in [0.1, 0.15) is 155 Å². The highest BCUT2D eigenvalue weighted by Crippen LogP contribution is 2.14. The lowest BCUT2D eigenvalue weighted by Gasteiger charge is -2.08. The van der Waals surface area contributed by atoms with Gasteiger partial charge in [0.25, 0.3) is 0 Å². The van der Waals surface area contributed by atoms with Crippen molar-refractivity contribution in [3.05, 3.63) is 18.2 Å². The predicted molar refractivity (Wildman–Crippen MR) is 154 cm³/mol. The first-order chi connectivity index (χ1) is 17.7. The number of hydrogen-bond acceptors (Lipinski definition) is 3. The van der Waals surface area contributed by atoms with E-state index >= 15 is 0 Å². The lowest BCUT2D eigenvalue weighted by Crippen LogP contribution is -2.15. The van der Waals surface area contributed by atoms with Gasteiger partial charge in [0.15, 0.2) is 0 Å². The van der Waals surface area contributed by atoms with Crippen LogP contribution in [0.2, 0.25) is 0 Å². The molecule has 5 nitrogen and oxygen atoms in total. The van der Waals surface area contributed by atoms with Crippen LogP contribution < -0.4 is 10.6 Å². The zero-order chi connectivity index (χ0) is 26.1. The van der Waals surface area contributed by atoms with Crippen LogP contribution in [0.15, 0.2) is 18.2 Å². The highest BCUT2D eigenvalue weighted by Gasteiger charge is 2.07. The smallest absolute Gasteiger partial charge is 0.225 e. The fourth-order valence-corrected chi connectivity index (χ4v) is 4.53. The van der Waals surface area contributed by atoms with E-state index in [9.17, 15) is 9.59 Å². The third kappa shape index (κ3) is 19.3. The van der Waals surface area contributed by atoms with Gasteiger partial charge in [0.2, 0.25) is 11.8 Å². The summed E-state index contributed by atoms with van der Waals surface area (Å²) in [5.74, 6) is 0.999. The maximum Gasteiger partial charge on any atom is 0.225 e. The molecule has 0 spiro atoms. The Morgan fingerprint density at radius 1 is 0.528 bits per heavy atom. The fraction of sp³-hybridized carbons (Fsp3) is 0.774. The zero-order valence-electron chi connectivity index (χ0n) is 23.6. The number of unbranched alkanes of at least 4 members (excludes halogenated alkanes) is 18. The summed E-state index contributed by atoms with van der Waals surface area (Å²) in [6.45, 7) is 4.50. The molecule has 0 aromatic carbocycles. The van der Waals surface area contributed by atoms with E-state index in [1.54, 1.807) is 12.1 Å². The molecule has 0 saturated carbocycles. The maximum atomic E-state index is 12.3. The van der Waals surface area contributed by atoms with E-state index in [2.05, 4.69) is 29.5 Å². The number of carbonyl (C=O) groups excluding carboxylic acids is 2. The van der Waals surface area contributed by atoms with Gasteiger partial charge in [-0.05, 0) is 25.0 Å². The fourth-order valence-electron chi connectivity index (χ4n) is 4.53. The molecule has 0 aliphatic heterocycles. The molecule has 1 aromatic rings. The number of carbonyl (C=O) groups is 2. The predicted octanol–water partition coefficient (Wildman–Crippen LogP) is 9.58. The van der Waals surface area contributed by atoms with E-state index in [4.69, 9.17) is 0 Å². The SMILES string of the molecule is CCCCCCCCCCCCC(=O)Nc1cccc(NC(=O)CCCCCCCCCCCC)n1.